The molecule has 6 heteroatoms. The summed E-state index contributed by atoms with van der Waals surface area (Å²) in [5, 5.41) is 3.16. The van der Waals surface area contributed by atoms with Gasteiger partial charge in [0, 0.05) is 24.7 Å². The topological polar surface area (TPSA) is 67.9 Å². The Labute approximate surface area is 142 Å². The fourth-order valence-corrected chi connectivity index (χ4v) is 2.87. The van der Waals surface area contributed by atoms with Gasteiger partial charge in [-0.25, -0.2) is 0 Å². The molecule has 0 aliphatic carbocycles. The summed E-state index contributed by atoms with van der Waals surface area (Å²) in [6.07, 6.45) is 1.87. The van der Waals surface area contributed by atoms with Crippen LogP contribution in [0.4, 0.5) is 5.69 Å². The second-order valence-electron chi connectivity index (χ2n) is 6.68. The number of nitrogens with one attached hydrogen (secondary N) is 1. The Bertz CT molecular complexity index is 629. The van der Waals surface area contributed by atoms with Gasteiger partial charge >= 0.3 is 0 Å². The van der Waals surface area contributed by atoms with Crippen molar-refractivity contribution in [1.82, 2.24) is 4.90 Å². The van der Waals surface area contributed by atoms with E-state index in [1.165, 1.54) is 4.90 Å². The highest BCUT2D eigenvalue weighted by atomic mass is 16.5. The molecule has 0 aromatic heterocycles. The molecule has 2 aliphatic rings. The summed E-state index contributed by atoms with van der Waals surface area (Å²) >= 11 is 0. The minimum Gasteiger partial charge on any atom is -0.490 e. The first kappa shape index (κ1) is 16.6. The first-order valence-corrected chi connectivity index (χ1v) is 8.55. The van der Waals surface area contributed by atoms with Gasteiger partial charge in [-0.2, -0.15) is 0 Å². The molecule has 1 saturated heterocycles. The van der Waals surface area contributed by atoms with Crippen molar-refractivity contribution >= 4 is 17.5 Å². The highest BCUT2D eigenvalue weighted by molar-refractivity contribution is 6.06. The normalized spacial score (nSPS) is 20.5. The van der Waals surface area contributed by atoms with Crippen LogP contribution in [-0.2, 0) is 9.59 Å². The number of likely N-dealkylation sites (tertiary alicyclic amines) is 1. The minimum atomic E-state index is -0.505. The second kappa shape index (κ2) is 7.11. The van der Waals surface area contributed by atoms with Gasteiger partial charge in [-0.05, 0) is 24.5 Å². The lowest BCUT2D eigenvalue weighted by atomic mass is 10.1. The van der Waals surface area contributed by atoms with Crippen molar-refractivity contribution in [2.45, 2.75) is 39.2 Å². The van der Waals surface area contributed by atoms with E-state index in [1.54, 1.807) is 0 Å². The third-order valence-electron chi connectivity index (χ3n) is 4.26. The fourth-order valence-electron chi connectivity index (χ4n) is 2.87. The number of ether oxygens (including phenoxy) is 2. The predicted molar refractivity (Wildman–Crippen MR) is 90.3 cm³/mol. The summed E-state index contributed by atoms with van der Waals surface area (Å²) in [5.74, 6) is 1.59. The number of anilines is 1. The average molecular weight is 332 g/mol. The smallest absolute Gasteiger partial charge is 0.252 e. The van der Waals surface area contributed by atoms with E-state index in [9.17, 15) is 9.59 Å². The Morgan fingerprint density at radius 1 is 1.21 bits per heavy atom. The Morgan fingerprint density at radius 2 is 1.96 bits per heavy atom. The lowest BCUT2D eigenvalue weighted by Gasteiger charge is -2.17. The predicted octanol–water partition coefficient (Wildman–Crippen LogP) is 2.43. The van der Waals surface area contributed by atoms with Gasteiger partial charge in [0.2, 0.25) is 5.91 Å². The molecule has 0 saturated carbocycles. The third kappa shape index (κ3) is 3.63. The third-order valence-corrected chi connectivity index (χ3v) is 4.26. The molecular weight excluding hydrogens is 308 g/mol. The van der Waals surface area contributed by atoms with Crippen LogP contribution in [0.2, 0.25) is 0 Å². The van der Waals surface area contributed by atoms with E-state index in [0.717, 1.165) is 18.5 Å². The Kier molecular flexibility index (Phi) is 4.92. The highest BCUT2D eigenvalue weighted by Gasteiger charge is 2.38. The maximum atomic E-state index is 12.5. The van der Waals surface area contributed by atoms with Crippen molar-refractivity contribution in [3.63, 3.8) is 0 Å². The van der Waals surface area contributed by atoms with Crippen LogP contribution in [0.3, 0.4) is 0 Å². The Hall–Kier alpha value is -2.24. The lowest BCUT2D eigenvalue weighted by molar-refractivity contribution is -0.138. The summed E-state index contributed by atoms with van der Waals surface area (Å²) in [6.45, 7) is 5.91. The summed E-state index contributed by atoms with van der Waals surface area (Å²) in [6, 6.07) is 5.01. The van der Waals surface area contributed by atoms with Gasteiger partial charge in [-0.1, -0.05) is 13.8 Å². The van der Waals surface area contributed by atoms with Crippen LogP contribution in [0.15, 0.2) is 18.2 Å². The van der Waals surface area contributed by atoms with Gasteiger partial charge in [0.1, 0.15) is 6.04 Å². The average Bonchev–Trinajstić information content (AvgIpc) is 2.71. The van der Waals surface area contributed by atoms with E-state index in [4.69, 9.17) is 9.47 Å². The zero-order valence-electron chi connectivity index (χ0n) is 14.2. The number of nitrogens with zero attached hydrogens (tertiary/aromatic N) is 1. The quantitative estimate of drug-likeness (QED) is 0.839. The van der Waals surface area contributed by atoms with Gasteiger partial charge < -0.3 is 14.8 Å². The zero-order chi connectivity index (χ0) is 17.1. The molecule has 6 nitrogen and oxygen atoms in total. The molecule has 3 rings (SSSR count). The summed E-state index contributed by atoms with van der Waals surface area (Å²) in [5.41, 5.74) is 0.760. The molecule has 0 radical (unpaired) electrons. The van der Waals surface area contributed by atoms with Crippen LogP contribution < -0.4 is 14.8 Å². The van der Waals surface area contributed by atoms with Crippen molar-refractivity contribution in [1.29, 1.82) is 0 Å². The molecule has 24 heavy (non-hydrogen) atoms. The van der Waals surface area contributed by atoms with E-state index in [1.807, 2.05) is 18.2 Å². The molecule has 0 spiro atoms. The number of carbonyl (C=O) groups is 2. The van der Waals surface area contributed by atoms with Gasteiger partial charge in [0.15, 0.2) is 11.5 Å². The van der Waals surface area contributed by atoms with Gasteiger partial charge in [-0.15, -0.1) is 0 Å². The van der Waals surface area contributed by atoms with Gasteiger partial charge in [0.25, 0.3) is 5.91 Å². The van der Waals surface area contributed by atoms with E-state index < -0.39 is 6.04 Å². The van der Waals surface area contributed by atoms with E-state index in [-0.39, 0.29) is 18.2 Å². The molecule has 2 heterocycles. The van der Waals surface area contributed by atoms with Crippen LogP contribution in [0.1, 0.15) is 33.1 Å². The van der Waals surface area contributed by atoms with Crippen molar-refractivity contribution in [2.75, 3.05) is 25.1 Å². The van der Waals surface area contributed by atoms with Crippen LogP contribution in [0, 0.1) is 5.92 Å². The van der Waals surface area contributed by atoms with Crippen molar-refractivity contribution in [3.05, 3.63) is 18.2 Å². The number of carbonyl (C=O) groups excluding carboxylic acids is 2. The van der Waals surface area contributed by atoms with Gasteiger partial charge in [0.05, 0.1) is 19.6 Å². The molecule has 0 unspecified atom stereocenters. The summed E-state index contributed by atoms with van der Waals surface area (Å²) in [7, 11) is 0. The highest BCUT2D eigenvalue weighted by Crippen LogP contribution is 2.33. The molecule has 1 aromatic carbocycles. The number of hydrogen-bond donors (Lipinski definition) is 1. The number of rotatable bonds is 5. The summed E-state index contributed by atoms with van der Waals surface area (Å²) in [4.78, 5) is 25.9. The van der Waals surface area contributed by atoms with E-state index >= 15 is 0 Å². The second-order valence-corrected chi connectivity index (χ2v) is 6.68. The molecule has 2 amide bonds. The SMILES string of the molecule is CC(C)CCN1C(=O)C[C@H](Nc2ccc3c(c2)OCCCO3)C1=O. The first-order valence-electron chi connectivity index (χ1n) is 8.55. The molecular formula is C18H24N2O4. The van der Waals surface area contributed by atoms with Crippen molar-refractivity contribution in [2.24, 2.45) is 5.92 Å². The van der Waals surface area contributed by atoms with Crippen LogP contribution in [0.5, 0.6) is 11.5 Å². The number of imide groups is 1. The van der Waals surface area contributed by atoms with E-state index in [2.05, 4.69) is 19.2 Å². The monoisotopic (exact) mass is 332 g/mol. The molecule has 1 fully saturated rings. The van der Waals surface area contributed by atoms with Crippen molar-refractivity contribution in [3.8, 4) is 11.5 Å². The molecule has 1 N–H and O–H groups in total. The fraction of sp³-hybridized carbons (Fsp3) is 0.556. The molecule has 0 bridgehead atoms. The summed E-state index contributed by atoms with van der Waals surface area (Å²) < 4.78 is 11.3. The maximum absolute atomic E-state index is 12.5. The van der Waals surface area contributed by atoms with E-state index in [0.29, 0.717) is 37.2 Å². The first-order chi connectivity index (χ1) is 11.5. The molecule has 2 aliphatic heterocycles. The van der Waals surface area contributed by atoms with Crippen LogP contribution in [-0.4, -0.2) is 42.5 Å². The molecule has 130 valence electrons. The van der Waals surface area contributed by atoms with Crippen LogP contribution >= 0.6 is 0 Å². The molecule has 1 aromatic rings. The Balaban J connectivity index is 1.67. The standard InChI is InChI=1S/C18H24N2O4/c1-12(2)6-7-20-17(21)11-14(18(20)22)19-13-4-5-15-16(10-13)24-9-3-8-23-15/h4-5,10,12,14,19H,3,6-9,11H2,1-2H3/t14-/m0/s1. The largest absolute Gasteiger partial charge is 0.490 e. The molecule has 1 atom stereocenters. The Morgan fingerprint density at radius 3 is 2.71 bits per heavy atom. The maximum Gasteiger partial charge on any atom is 0.252 e. The van der Waals surface area contributed by atoms with Crippen molar-refractivity contribution < 1.29 is 19.1 Å². The lowest BCUT2D eigenvalue weighted by Crippen LogP contribution is -2.35. The van der Waals surface area contributed by atoms with Crippen LogP contribution in [0.25, 0.3) is 0 Å². The van der Waals surface area contributed by atoms with Gasteiger partial charge in [-0.3, -0.25) is 14.5 Å². The number of fused-ring (bicyclic) bond motifs is 1. The number of benzene rings is 1. The number of hydrogen-bond acceptors (Lipinski definition) is 5. The zero-order valence-corrected chi connectivity index (χ0v) is 14.2. The number of amides is 2. The minimum absolute atomic E-state index is 0.104.